The van der Waals surface area contributed by atoms with Crippen molar-refractivity contribution in [1.29, 1.82) is 0 Å². The van der Waals surface area contributed by atoms with E-state index in [0.717, 1.165) is 24.2 Å². The van der Waals surface area contributed by atoms with Gasteiger partial charge in [-0.2, -0.15) is 4.98 Å². The van der Waals surface area contributed by atoms with E-state index in [1.807, 2.05) is 11.8 Å². The number of aryl methyl sites for hydroxylation is 2. The number of rotatable bonds is 4. The van der Waals surface area contributed by atoms with Gasteiger partial charge in [0, 0.05) is 48.2 Å². The van der Waals surface area contributed by atoms with Gasteiger partial charge in [0.2, 0.25) is 5.95 Å². The number of aromatic nitrogens is 3. The van der Waals surface area contributed by atoms with Crippen LogP contribution in [0, 0.1) is 19.7 Å². The first-order valence-electron chi connectivity index (χ1n) is 10.9. The molecule has 0 aliphatic carbocycles. The van der Waals surface area contributed by atoms with Crippen LogP contribution in [0.15, 0.2) is 30.5 Å². The number of hydrogen-bond donors (Lipinski definition) is 1. The fourth-order valence-electron chi connectivity index (χ4n) is 4.52. The van der Waals surface area contributed by atoms with Crippen molar-refractivity contribution in [3.8, 4) is 17.0 Å². The van der Waals surface area contributed by atoms with Crippen LogP contribution in [-0.2, 0) is 6.54 Å². The van der Waals surface area contributed by atoms with Gasteiger partial charge < -0.3 is 15.4 Å². The number of nitrogens with zero attached hydrogens (tertiary/aromatic N) is 5. The van der Waals surface area contributed by atoms with Crippen molar-refractivity contribution in [2.75, 3.05) is 30.0 Å². The van der Waals surface area contributed by atoms with Gasteiger partial charge in [-0.25, -0.2) is 9.37 Å². The molecule has 170 valence electrons. The number of hydrogen-bond acceptors (Lipinski definition) is 7. The maximum atomic E-state index is 15.0. The Hall–Kier alpha value is -3.59. The Labute approximate surface area is 191 Å². The predicted octanol–water partition coefficient (Wildman–Crippen LogP) is 3.00. The summed E-state index contributed by atoms with van der Waals surface area (Å²) < 4.78 is 20.5. The summed E-state index contributed by atoms with van der Waals surface area (Å²) >= 11 is 0. The maximum absolute atomic E-state index is 15.0. The highest BCUT2D eigenvalue weighted by Gasteiger charge is 2.34. The van der Waals surface area contributed by atoms with E-state index in [1.165, 1.54) is 19.4 Å². The number of pyridine rings is 1. The highest BCUT2D eigenvalue weighted by atomic mass is 19.1. The summed E-state index contributed by atoms with van der Waals surface area (Å²) in [6, 6.07) is 6.73. The third-order valence-electron chi connectivity index (χ3n) is 6.12. The molecule has 1 fully saturated rings. The fraction of sp³-hybridized carbons (Fsp3) is 0.333. The number of anilines is 2. The fourth-order valence-corrected chi connectivity index (χ4v) is 4.52. The van der Waals surface area contributed by atoms with Gasteiger partial charge in [0.05, 0.1) is 24.9 Å². The first-order valence-corrected chi connectivity index (χ1v) is 10.9. The van der Waals surface area contributed by atoms with Gasteiger partial charge in [-0.15, -0.1) is 0 Å². The van der Waals surface area contributed by atoms with Crippen molar-refractivity contribution in [2.24, 2.45) is 5.73 Å². The number of carbonyl (C=O) groups is 1. The van der Waals surface area contributed by atoms with Gasteiger partial charge in [-0.05, 0) is 44.0 Å². The highest BCUT2D eigenvalue weighted by Crippen LogP contribution is 2.39. The number of amides is 1. The molecular weight excluding hydrogens is 423 g/mol. The van der Waals surface area contributed by atoms with Gasteiger partial charge in [0.1, 0.15) is 17.4 Å². The van der Waals surface area contributed by atoms with Gasteiger partial charge in [-0.3, -0.25) is 14.7 Å². The minimum Gasteiger partial charge on any atom is -0.496 e. The minimum absolute atomic E-state index is 0.0863. The number of methoxy groups -OCH3 is 1. The minimum atomic E-state index is -0.441. The zero-order valence-corrected chi connectivity index (χ0v) is 18.8. The van der Waals surface area contributed by atoms with Crippen molar-refractivity contribution in [3.05, 3.63) is 58.7 Å². The van der Waals surface area contributed by atoms with E-state index in [-0.39, 0.29) is 24.1 Å². The quantitative estimate of drug-likeness (QED) is 0.655. The van der Waals surface area contributed by atoms with Crippen LogP contribution in [0.2, 0.25) is 0 Å². The molecule has 3 aromatic rings. The Morgan fingerprint density at radius 2 is 2.03 bits per heavy atom. The highest BCUT2D eigenvalue weighted by molar-refractivity contribution is 6.10. The van der Waals surface area contributed by atoms with Crippen molar-refractivity contribution in [2.45, 2.75) is 32.9 Å². The van der Waals surface area contributed by atoms with Gasteiger partial charge in [-0.1, -0.05) is 0 Å². The van der Waals surface area contributed by atoms with Gasteiger partial charge in [0.25, 0.3) is 5.91 Å². The summed E-state index contributed by atoms with van der Waals surface area (Å²) in [5.74, 6) is 0.795. The van der Waals surface area contributed by atoms with Gasteiger partial charge in [0.15, 0.2) is 0 Å². The molecule has 0 spiro atoms. The summed E-state index contributed by atoms with van der Waals surface area (Å²) in [6.07, 6.45) is 2.40. The number of carbonyl (C=O) groups excluding carboxylic acids is 1. The predicted molar refractivity (Wildman–Crippen MR) is 123 cm³/mol. The van der Waals surface area contributed by atoms with E-state index >= 15 is 4.39 Å². The monoisotopic (exact) mass is 448 g/mol. The topological polar surface area (TPSA) is 97.5 Å². The molecule has 33 heavy (non-hydrogen) atoms. The van der Waals surface area contributed by atoms with Crippen LogP contribution in [0.3, 0.4) is 0 Å². The van der Waals surface area contributed by atoms with Crippen molar-refractivity contribution < 1.29 is 13.9 Å². The second-order valence-corrected chi connectivity index (χ2v) is 8.56. The first kappa shape index (κ1) is 21.3. The average molecular weight is 449 g/mol. The van der Waals surface area contributed by atoms with Crippen LogP contribution in [0.25, 0.3) is 11.3 Å². The third-order valence-corrected chi connectivity index (χ3v) is 6.12. The van der Waals surface area contributed by atoms with E-state index in [4.69, 9.17) is 10.5 Å². The number of benzene rings is 1. The van der Waals surface area contributed by atoms with Crippen molar-refractivity contribution in [3.63, 3.8) is 0 Å². The molecule has 2 N–H and O–H groups in total. The van der Waals surface area contributed by atoms with Crippen LogP contribution in [0.4, 0.5) is 16.2 Å². The van der Waals surface area contributed by atoms with Crippen LogP contribution in [0.1, 0.15) is 33.6 Å². The molecule has 2 aliphatic heterocycles. The smallest absolute Gasteiger partial charge is 0.260 e. The zero-order valence-electron chi connectivity index (χ0n) is 18.8. The molecule has 8 nitrogen and oxygen atoms in total. The molecule has 1 unspecified atom stereocenters. The van der Waals surface area contributed by atoms with E-state index in [1.54, 1.807) is 30.0 Å². The lowest BCUT2D eigenvalue weighted by Crippen LogP contribution is -2.29. The summed E-state index contributed by atoms with van der Waals surface area (Å²) in [5, 5.41) is 0. The van der Waals surface area contributed by atoms with Crippen molar-refractivity contribution >= 4 is 17.7 Å². The molecular formula is C24H25FN6O2. The molecule has 2 aliphatic rings. The van der Waals surface area contributed by atoms with E-state index in [2.05, 4.69) is 15.0 Å². The summed E-state index contributed by atoms with van der Waals surface area (Å²) in [6.45, 7) is 5.35. The van der Waals surface area contributed by atoms with E-state index in [0.29, 0.717) is 40.9 Å². The standard InChI is InChI=1S/C24H25FN6O2/c1-13-8-18(25)21(19(9-13)33-3)22-17-12-31(23(32)16(17)4-6-27-22)20-10-14(2)28-24(29-20)30-7-5-15(26)11-30/h4,6,8-10,15H,5,7,11-12,26H2,1-3H3. The van der Waals surface area contributed by atoms with Gasteiger partial charge >= 0.3 is 0 Å². The molecule has 9 heteroatoms. The second-order valence-electron chi connectivity index (χ2n) is 8.56. The third kappa shape index (κ3) is 3.68. The maximum Gasteiger partial charge on any atom is 0.260 e. The van der Waals surface area contributed by atoms with Crippen LogP contribution in [-0.4, -0.2) is 47.1 Å². The second kappa shape index (κ2) is 8.08. The SMILES string of the molecule is COc1cc(C)cc(F)c1-c1nccc2c1CN(c1cc(C)nc(N3CCC(N)C3)n1)C2=O. The summed E-state index contributed by atoms with van der Waals surface area (Å²) in [5.41, 5.74) is 9.31. The molecule has 1 atom stereocenters. The summed E-state index contributed by atoms with van der Waals surface area (Å²) in [4.78, 5) is 30.6. The molecule has 1 saturated heterocycles. The largest absolute Gasteiger partial charge is 0.496 e. The Kier molecular flexibility index (Phi) is 5.20. The molecule has 1 aromatic carbocycles. The number of fused-ring (bicyclic) bond motifs is 1. The number of ether oxygens (including phenoxy) is 1. The Morgan fingerprint density at radius 3 is 2.76 bits per heavy atom. The van der Waals surface area contributed by atoms with Crippen molar-refractivity contribution in [1.82, 2.24) is 15.0 Å². The zero-order chi connectivity index (χ0) is 23.3. The lowest BCUT2D eigenvalue weighted by atomic mass is 10.0. The molecule has 0 bridgehead atoms. The lowest BCUT2D eigenvalue weighted by molar-refractivity contribution is 0.0996. The first-order chi connectivity index (χ1) is 15.9. The number of nitrogens with two attached hydrogens (primary N) is 1. The van der Waals surface area contributed by atoms with E-state index < -0.39 is 5.82 Å². The molecule has 5 rings (SSSR count). The van der Waals surface area contributed by atoms with Crippen LogP contribution >= 0.6 is 0 Å². The average Bonchev–Trinajstić information content (AvgIpc) is 3.36. The molecule has 1 amide bonds. The Balaban J connectivity index is 1.56. The molecule has 0 saturated carbocycles. The molecule has 4 heterocycles. The molecule has 2 aromatic heterocycles. The number of halogens is 1. The van der Waals surface area contributed by atoms with Crippen LogP contribution < -0.4 is 20.3 Å². The Bertz CT molecular complexity index is 1260. The molecule has 0 radical (unpaired) electrons. The van der Waals surface area contributed by atoms with E-state index in [9.17, 15) is 4.79 Å². The summed E-state index contributed by atoms with van der Waals surface area (Å²) in [7, 11) is 1.49. The van der Waals surface area contributed by atoms with Crippen LogP contribution in [0.5, 0.6) is 5.75 Å². The Morgan fingerprint density at radius 1 is 1.21 bits per heavy atom. The normalized spacial score (nSPS) is 17.6. The lowest BCUT2D eigenvalue weighted by Gasteiger charge is -2.20.